The number of aromatic nitrogens is 1. The van der Waals surface area contributed by atoms with Gasteiger partial charge in [-0.25, -0.2) is 0 Å². The number of esters is 1. The van der Waals surface area contributed by atoms with Crippen molar-refractivity contribution in [2.45, 2.75) is 27.3 Å². The summed E-state index contributed by atoms with van der Waals surface area (Å²) < 4.78 is 6.71. The molecule has 0 spiro atoms. The fourth-order valence-corrected chi connectivity index (χ4v) is 2.17. The molecule has 0 radical (unpaired) electrons. The van der Waals surface area contributed by atoms with Crippen molar-refractivity contribution < 1.29 is 14.3 Å². The van der Waals surface area contributed by atoms with Gasteiger partial charge in [-0.1, -0.05) is 11.6 Å². The maximum absolute atomic E-state index is 11.7. The van der Waals surface area contributed by atoms with Crippen molar-refractivity contribution in [1.82, 2.24) is 4.57 Å². The third-order valence-electron chi connectivity index (χ3n) is 3.02. The molecule has 0 aliphatic heterocycles. The van der Waals surface area contributed by atoms with Gasteiger partial charge >= 0.3 is 5.97 Å². The predicted octanol–water partition coefficient (Wildman–Crippen LogP) is 2.72. The Labute approximate surface area is 112 Å². The lowest BCUT2D eigenvalue weighted by atomic mass is 10.1. The van der Waals surface area contributed by atoms with Crippen LogP contribution in [0.25, 0.3) is 10.9 Å². The zero-order valence-corrected chi connectivity index (χ0v) is 11.4. The van der Waals surface area contributed by atoms with Gasteiger partial charge in [0, 0.05) is 22.7 Å². The molecule has 0 aliphatic rings. The van der Waals surface area contributed by atoms with Crippen LogP contribution in [-0.2, 0) is 16.1 Å². The molecular weight excluding hydrogens is 242 g/mol. The van der Waals surface area contributed by atoms with Gasteiger partial charge in [0.25, 0.3) is 0 Å². The molecule has 0 amide bonds. The molecular formula is C15H17NO3. The number of nitrogens with zero attached hydrogens (tertiary/aromatic N) is 1. The van der Waals surface area contributed by atoms with E-state index < -0.39 is 0 Å². The Morgan fingerprint density at radius 3 is 2.68 bits per heavy atom. The number of hydrogen-bond acceptors (Lipinski definition) is 3. The van der Waals surface area contributed by atoms with E-state index in [4.69, 9.17) is 4.74 Å². The van der Waals surface area contributed by atoms with Crippen LogP contribution in [0.1, 0.15) is 29.8 Å². The summed E-state index contributed by atoms with van der Waals surface area (Å²) in [6.07, 6.45) is 1.73. The number of fused-ring (bicyclic) bond motifs is 1. The molecule has 2 aromatic rings. The molecule has 4 heteroatoms. The van der Waals surface area contributed by atoms with Crippen LogP contribution in [0.2, 0.25) is 0 Å². The average Bonchev–Trinajstić information content (AvgIpc) is 2.67. The van der Waals surface area contributed by atoms with Gasteiger partial charge in [-0.3, -0.25) is 9.59 Å². The molecule has 0 bridgehead atoms. The lowest BCUT2D eigenvalue weighted by Gasteiger charge is -2.05. The van der Waals surface area contributed by atoms with E-state index in [9.17, 15) is 9.59 Å². The Morgan fingerprint density at radius 1 is 1.32 bits per heavy atom. The van der Waals surface area contributed by atoms with Gasteiger partial charge in [-0.2, -0.15) is 0 Å². The highest BCUT2D eigenvalue weighted by atomic mass is 16.5. The Bertz CT molecular complexity index is 640. The van der Waals surface area contributed by atoms with Crippen LogP contribution in [0.3, 0.4) is 0 Å². The van der Waals surface area contributed by atoms with Gasteiger partial charge in [-0.15, -0.1) is 0 Å². The van der Waals surface area contributed by atoms with Gasteiger partial charge in [0.1, 0.15) is 6.54 Å². The summed E-state index contributed by atoms with van der Waals surface area (Å²) in [5.74, 6) is -0.298. The van der Waals surface area contributed by atoms with Crippen molar-refractivity contribution in [2.24, 2.45) is 0 Å². The van der Waals surface area contributed by atoms with E-state index in [0.717, 1.165) is 16.5 Å². The van der Waals surface area contributed by atoms with Crippen LogP contribution in [-0.4, -0.2) is 22.9 Å². The second kappa shape index (κ2) is 5.26. The van der Waals surface area contributed by atoms with Crippen molar-refractivity contribution in [3.63, 3.8) is 0 Å². The van der Waals surface area contributed by atoms with Crippen LogP contribution in [0.4, 0.5) is 0 Å². The first-order chi connectivity index (χ1) is 9.02. The first-order valence-corrected chi connectivity index (χ1v) is 6.29. The van der Waals surface area contributed by atoms with E-state index in [2.05, 4.69) is 0 Å². The highest BCUT2D eigenvalue weighted by Gasteiger charge is 2.14. The lowest BCUT2D eigenvalue weighted by molar-refractivity contribution is -0.143. The summed E-state index contributed by atoms with van der Waals surface area (Å²) in [4.78, 5) is 23.2. The van der Waals surface area contributed by atoms with Crippen LogP contribution >= 0.6 is 0 Å². The molecule has 2 rings (SSSR count). The highest BCUT2D eigenvalue weighted by molar-refractivity contribution is 6.07. The van der Waals surface area contributed by atoms with E-state index in [-0.39, 0.29) is 18.3 Å². The Balaban J connectivity index is 2.50. The first-order valence-electron chi connectivity index (χ1n) is 6.29. The molecule has 100 valence electrons. The summed E-state index contributed by atoms with van der Waals surface area (Å²) in [6.45, 7) is 5.77. The summed E-state index contributed by atoms with van der Waals surface area (Å²) in [6, 6.07) is 5.86. The van der Waals surface area contributed by atoms with E-state index in [1.54, 1.807) is 17.7 Å². The number of ether oxygens (including phenoxy) is 1. The minimum atomic E-state index is -0.296. The molecule has 0 saturated carbocycles. The number of ketones is 1. The molecule has 4 nitrogen and oxygen atoms in total. The molecule has 0 aliphatic carbocycles. The number of Topliss-reactive ketones (excluding diaryl/α,β-unsaturated/α-hetero) is 1. The molecule has 0 fully saturated rings. The molecule has 1 aromatic carbocycles. The number of carbonyl (C=O) groups is 2. The zero-order chi connectivity index (χ0) is 14.0. The minimum Gasteiger partial charge on any atom is -0.465 e. The van der Waals surface area contributed by atoms with Gasteiger partial charge in [0.2, 0.25) is 0 Å². The van der Waals surface area contributed by atoms with Crippen LogP contribution in [0.15, 0.2) is 24.4 Å². The number of benzene rings is 1. The quantitative estimate of drug-likeness (QED) is 0.626. The average molecular weight is 259 g/mol. The smallest absolute Gasteiger partial charge is 0.325 e. The number of carbonyl (C=O) groups excluding carboxylic acids is 2. The first kappa shape index (κ1) is 13.3. The zero-order valence-electron chi connectivity index (χ0n) is 11.4. The summed E-state index contributed by atoms with van der Waals surface area (Å²) >= 11 is 0. The maximum atomic E-state index is 11.7. The summed E-state index contributed by atoms with van der Waals surface area (Å²) in [5, 5.41) is 0.886. The van der Waals surface area contributed by atoms with E-state index in [1.165, 1.54) is 6.92 Å². The van der Waals surface area contributed by atoms with Crippen molar-refractivity contribution in [3.05, 3.63) is 35.5 Å². The van der Waals surface area contributed by atoms with Gasteiger partial charge in [-0.05, 0) is 32.9 Å². The van der Waals surface area contributed by atoms with Crippen LogP contribution < -0.4 is 0 Å². The molecule has 1 heterocycles. The van der Waals surface area contributed by atoms with E-state index >= 15 is 0 Å². The van der Waals surface area contributed by atoms with Crippen molar-refractivity contribution in [2.75, 3.05) is 6.61 Å². The molecule has 0 unspecified atom stereocenters. The van der Waals surface area contributed by atoms with Gasteiger partial charge in [0.15, 0.2) is 5.78 Å². The fraction of sp³-hybridized carbons (Fsp3) is 0.333. The topological polar surface area (TPSA) is 48.3 Å². The fourth-order valence-electron chi connectivity index (χ4n) is 2.17. The monoisotopic (exact) mass is 259 g/mol. The Hall–Kier alpha value is -2.10. The Kier molecular flexibility index (Phi) is 3.69. The standard InChI is InChI=1S/C15H17NO3/c1-4-19-15(18)9-16-8-13(11(3)17)12-7-10(2)5-6-14(12)16/h5-8H,4,9H2,1-3H3. The van der Waals surface area contributed by atoms with Gasteiger partial charge < -0.3 is 9.30 Å². The van der Waals surface area contributed by atoms with E-state index in [0.29, 0.717) is 12.2 Å². The predicted molar refractivity (Wildman–Crippen MR) is 73.3 cm³/mol. The van der Waals surface area contributed by atoms with E-state index in [1.807, 2.05) is 25.1 Å². The second-order valence-corrected chi connectivity index (χ2v) is 4.55. The SMILES string of the molecule is CCOC(=O)Cn1cc(C(C)=O)c2cc(C)ccc21. The number of hydrogen-bond donors (Lipinski definition) is 0. The van der Waals surface area contributed by atoms with Gasteiger partial charge in [0.05, 0.1) is 6.61 Å². The number of aryl methyl sites for hydroxylation is 1. The maximum Gasteiger partial charge on any atom is 0.325 e. The van der Waals surface area contributed by atoms with Crippen molar-refractivity contribution >= 4 is 22.7 Å². The molecule has 0 saturated heterocycles. The molecule has 0 atom stereocenters. The van der Waals surface area contributed by atoms with Crippen LogP contribution in [0.5, 0.6) is 0 Å². The second-order valence-electron chi connectivity index (χ2n) is 4.55. The minimum absolute atomic E-state index is 0.00166. The summed E-state index contributed by atoms with van der Waals surface area (Å²) in [7, 11) is 0. The molecule has 19 heavy (non-hydrogen) atoms. The van der Waals surface area contributed by atoms with Crippen LogP contribution in [0, 0.1) is 6.92 Å². The van der Waals surface area contributed by atoms with Crippen molar-refractivity contribution in [3.8, 4) is 0 Å². The number of rotatable bonds is 4. The highest BCUT2D eigenvalue weighted by Crippen LogP contribution is 2.23. The Morgan fingerprint density at radius 2 is 2.05 bits per heavy atom. The third kappa shape index (κ3) is 2.67. The third-order valence-corrected chi connectivity index (χ3v) is 3.02. The lowest BCUT2D eigenvalue weighted by Crippen LogP contribution is -2.12. The molecule has 0 N–H and O–H groups in total. The van der Waals surface area contributed by atoms with Crippen molar-refractivity contribution in [1.29, 1.82) is 0 Å². The largest absolute Gasteiger partial charge is 0.465 e. The summed E-state index contributed by atoms with van der Waals surface area (Å²) in [5.41, 5.74) is 2.61. The normalized spacial score (nSPS) is 10.7. The molecule has 1 aromatic heterocycles.